The zero-order valence-electron chi connectivity index (χ0n) is 20.8. The number of allylic oxidation sites excluding steroid dienone is 6. The quantitative estimate of drug-likeness (QED) is 0.240. The molecule has 2 aromatic carbocycles. The average molecular weight is 527 g/mol. The van der Waals surface area contributed by atoms with Crippen LogP contribution in [-0.2, 0) is 19.2 Å². The predicted molar refractivity (Wildman–Crippen MR) is 138 cm³/mol. The molecule has 1 aliphatic heterocycles. The van der Waals surface area contributed by atoms with Crippen molar-refractivity contribution in [1.82, 2.24) is 0 Å². The number of rotatable bonds is 3. The highest BCUT2D eigenvalue weighted by Crippen LogP contribution is 2.56. The number of benzene rings is 2. The summed E-state index contributed by atoms with van der Waals surface area (Å²) in [6.45, 7) is 1.53. The van der Waals surface area contributed by atoms with Crippen LogP contribution in [0.1, 0.15) is 31.2 Å². The second-order valence-electron chi connectivity index (χ2n) is 10.4. The van der Waals surface area contributed by atoms with Crippen LogP contribution in [0.4, 0.5) is 10.1 Å². The Labute approximate surface area is 222 Å². The topological polar surface area (TPSA) is 132 Å². The van der Waals surface area contributed by atoms with E-state index in [4.69, 9.17) is 0 Å². The smallest absolute Gasteiger partial charge is 0.488 e. The average Bonchev–Trinajstić information content (AvgIpc) is 3.17. The summed E-state index contributed by atoms with van der Waals surface area (Å²) in [7, 11) is -1.79. The van der Waals surface area contributed by atoms with Crippen LogP contribution in [0, 0.1) is 23.6 Å². The van der Waals surface area contributed by atoms with Gasteiger partial charge in [-0.05, 0) is 55.4 Å². The summed E-state index contributed by atoms with van der Waals surface area (Å²) in [4.78, 5) is 55.0. The summed E-state index contributed by atoms with van der Waals surface area (Å²) in [5, 5.41) is 29.8. The minimum absolute atomic E-state index is 0.0471. The van der Waals surface area contributed by atoms with Crippen LogP contribution in [0.3, 0.4) is 0 Å². The molecule has 3 N–H and O–H groups in total. The van der Waals surface area contributed by atoms with E-state index in [2.05, 4.69) is 0 Å². The highest BCUT2D eigenvalue weighted by Gasteiger charge is 2.57. The van der Waals surface area contributed by atoms with Crippen molar-refractivity contribution in [3.05, 3.63) is 88.3 Å². The van der Waals surface area contributed by atoms with Gasteiger partial charge in [-0.3, -0.25) is 24.1 Å². The van der Waals surface area contributed by atoms with Crippen LogP contribution in [0.2, 0.25) is 0 Å². The molecule has 1 fully saturated rings. The number of ketones is 2. The van der Waals surface area contributed by atoms with Gasteiger partial charge in [0.25, 0.3) is 0 Å². The fourth-order valence-electron chi connectivity index (χ4n) is 6.56. The normalized spacial score (nSPS) is 26.2. The lowest BCUT2D eigenvalue weighted by atomic mass is 9.59. The number of fused-ring (bicyclic) bond motifs is 3. The number of carbonyl (C=O) groups excluding carboxylic acids is 4. The fraction of sp³-hybridized carbons (Fsp3) is 0.241. The van der Waals surface area contributed by atoms with E-state index in [0.29, 0.717) is 5.57 Å². The SMILES string of the molecule is CC1=CC(=O)C2=C(C1=O)[C@@H](c1cccc(F)c1O)C1=CC[C@@H]3C(=O)N(c4cccc(B(O)O)c4)C(=O)[C@@H]3[C@@H]1C2. The van der Waals surface area contributed by atoms with E-state index >= 15 is 0 Å². The number of para-hydroxylation sites is 1. The second-order valence-corrected chi connectivity index (χ2v) is 10.4. The van der Waals surface area contributed by atoms with Gasteiger partial charge in [-0.1, -0.05) is 35.9 Å². The summed E-state index contributed by atoms with van der Waals surface area (Å²) in [6.07, 6.45) is 3.24. The summed E-state index contributed by atoms with van der Waals surface area (Å²) in [5.41, 5.74) is 1.62. The lowest BCUT2D eigenvalue weighted by Crippen LogP contribution is -2.40. The van der Waals surface area contributed by atoms with Crippen LogP contribution in [0.25, 0.3) is 0 Å². The zero-order valence-corrected chi connectivity index (χ0v) is 20.8. The molecule has 2 aromatic rings. The number of nitrogens with zero attached hydrogens (tertiary/aromatic N) is 1. The number of hydrogen-bond acceptors (Lipinski definition) is 7. The highest BCUT2D eigenvalue weighted by atomic mass is 19.1. The third kappa shape index (κ3) is 3.66. The van der Waals surface area contributed by atoms with Crippen molar-refractivity contribution in [2.45, 2.75) is 25.7 Å². The Bertz CT molecular complexity index is 1590. The second kappa shape index (κ2) is 8.96. The Morgan fingerprint density at radius 3 is 2.49 bits per heavy atom. The number of phenols is 1. The minimum atomic E-state index is -1.79. The fourth-order valence-corrected chi connectivity index (χ4v) is 6.56. The number of imide groups is 1. The molecule has 4 aliphatic rings. The first-order valence-electron chi connectivity index (χ1n) is 12.6. The van der Waals surface area contributed by atoms with Crippen LogP contribution in [0.15, 0.2) is 76.9 Å². The zero-order chi connectivity index (χ0) is 27.7. The van der Waals surface area contributed by atoms with Crippen molar-refractivity contribution < 1.29 is 38.7 Å². The predicted octanol–water partition coefficient (Wildman–Crippen LogP) is 1.85. The molecule has 6 rings (SSSR count). The van der Waals surface area contributed by atoms with E-state index in [1.807, 2.05) is 0 Å². The van der Waals surface area contributed by atoms with Crippen molar-refractivity contribution in [1.29, 1.82) is 0 Å². The Balaban J connectivity index is 1.49. The molecular formula is C29H23BFNO7. The maximum atomic E-state index is 14.5. The number of halogens is 1. The first-order chi connectivity index (χ1) is 18.6. The minimum Gasteiger partial charge on any atom is -0.505 e. The van der Waals surface area contributed by atoms with Gasteiger partial charge in [0, 0.05) is 28.2 Å². The van der Waals surface area contributed by atoms with E-state index in [-0.39, 0.29) is 57.8 Å². The molecule has 196 valence electrons. The van der Waals surface area contributed by atoms with Crippen molar-refractivity contribution in [3.63, 3.8) is 0 Å². The van der Waals surface area contributed by atoms with Crippen molar-refractivity contribution in [2.75, 3.05) is 4.90 Å². The van der Waals surface area contributed by atoms with Crippen LogP contribution in [-0.4, -0.2) is 45.7 Å². The highest BCUT2D eigenvalue weighted by molar-refractivity contribution is 6.58. The van der Waals surface area contributed by atoms with E-state index in [1.54, 1.807) is 6.08 Å². The van der Waals surface area contributed by atoms with Gasteiger partial charge in [0.2, 0.25) is 11.8 Å². The van der Waals surface area contributed by atoms with Crippen LogP contribution >= 0.6 is 0 Å². The third-order valence-electron chi connectivity index (χ3n) is 8.32. The van der Waals surface area contributed by atoms with Gasteiger partial charge in [0.15, 0.2) is 23.1 Å². The standard InChI is InChI=1S/C29H23BFNO7/c1-13-10-22(33)20-12-19-16(23(25(20)26(13)34)17-6-3-7-21(31)27(17)35)8-9-18-24(19)29(37)32(28(18)36)15-5-2-4-14(11-15)30(38)39/h2-8,10-11,18-19,23-24,35,38-39H,9,12H2,1H3/t18-,19+,23+,24-/m0/s1. The molecule has 4 atom stereocenters. The van der Waals surface area contributed by atoms with E-state index < -0.39 is 54.2 Å². The van der Waals surface area contributed by atoms with E-state index in [1.165, 1.54) is 49.4 Å². The Hall–Kier alpha value is -4.15. The molecule has 3 aliphatic carbocycles. The molecule has 1 saturated heterocycles. The van der Waals surface area contributed by atoms with Gasteiger partial charge in [-0.2, -0.15) is 0 Å². The van der Waals surface area contributed by atoms with Crippen LogP contribution in [0.5, 0.6) is 5.75 Å². The van der Waals surface area contributed by atoms with Gasteiger partial charge in [-0.25, -0.2) is 4.39 Å². The molecule has 0 aromatic heterocycles. The van der Waals surface area contributed by atoms with Crippen molar-refractivity contribution >= 4 is 41.6 Å². The lowest BCUT2D eigenvalue weighted by molar-refractivity contribution is -0.123. The van der Waals surface area contributed by atoms with E-state index in [0.717, 1.165) is 11.0 Å². The molecule has 0 saturated carbocycles. The maximum Gasteiger partial charge on any atom is 0.488 e. The first kappa shape index (κ1) is 25.2. The molecule has 1 heterocycles. The van der Waals surface area contributed by atoms with Crippen LogP contribution < -0.4 is 10.4 Å². The number of phenolic OH excluding ortho intramolecular Hbond substituents is 1. The lowest BCUT2D eigenvalue weighted by Gasteiger charge is -2.42. The summed E-state index contributed by atoms with van der Waals surface area (Å²) in [6, 6.07) is 9.85. The summed E-state index contributed by atoms with van der Waals surface area (Å²) in [5.74, 6) is -6.43. The number of aromatic hydroxyl groups is 1. The molecule has 8 nitrogen and oxygen atoms in total. The molecule has 0 unspecified atom stereocenters. The van der Waals surface area contributed by atoms with Gasteiger partial charge >= 0.3 is 7.12 Å². The van der Waals surface area contributed by atoms with E-state index in [9.17, 15) is 38.7 Å². The molecular weight excluding hydrogens is 504 g/mol. The molecule has 0 spiro atoms. The van der Waals surface area contributed by atoms with Crippen molar-refractivity contribution in [2.24, 2.45) is 17.8 Å². The first-order valence-corrected chi connectivity index (χ1v) is 12.6. The Morgan fingerprint density at radius 1 is 1.00 bits per heavy atom. The molecule has 0 bridgehead atoms. The van der Waals surface area contributed by atoms with Gasteiger partial charge in [-0.15, -0.1) is 0 Å². The molecule has 39 heavy (non-hydrogen) atoms. The third-order valence-corrected chi connectivity index (χ3v) is 8.32. The van der Waals surface area contributed by atoms with Gasteiger partial charge in [0.05, 0.1) is 17.5 Å². The molecule has 2 amide bonds. The summed E-state index contributed by atoms with van der Waals surface area (Å²) >= 11 is 0. The molecule has 10 heteroatoms. The van der Waals surface area contributed by atoms with Gasteiger partial charge < -0.3 is 15.2 Å². The largest absolute Gasteiger partial charge is 0.505 e. The van der Waals surface area contributed by atoms with Gasteiger partial charge in [0.1, 0.15) is 0 Å². The summed E-state index contributed by atoms with van der Waals surface area (Å²) < 4.78 is 14.5. The number of amides is 2. The Kier molecular flexibility index (Phi) is 5.78. The van der Waals surface area contributed by atoms with Crippen molar-refractivity contribution in [3.8, 4) is 5.75 Å². The Morgan fingerprint density at radius 2 is 1.74 bits per heavy atom. The number of hydrogen-bond donors (Lipinski definition) is 3. The number of Topliss-reactive ketones (excluding diaryl/α,β-unsaturated/α-hetero) is 1. The number of carbonyl (C=O) groups is 4. The maximum absolute atomic E-state index is 14.5. The number of anilines is 1. The molecule has 0 radical (unpaired) electrons. The monoisotopic (exact) mass is 527 g/mol.